The zero-order valence-corrected chi connectivity index (χ0v) is 15.4. The monoisotopic (exact) mass is 423 g/mol. The predicted octanol–water partition coefficient (Wildman–Crippen LogP) is 3.20. The highest BCUT2D eigenvalue weighted by Gasteiger charge is 2.30. The Morgan fingerprint density at radius 1 is 1.13 bits per heavy atom. The van der Waals surface area contributed by atoms with Gasteiger partial charge in [-0.15, -0.1) is 0 Å². The molecule has 1 unspecified atom stereocenters. The molecule has 2 N–H and O–H groups in total. The van der Waals surface area contributed by atoms with Crippen LogP contribution in [0.1, 0.15) is 16.1 Å². The van der Waals surface area contributed by atoms with E-state index in [4.69, 9.17) is 4.74 Å². The first kappa shape index (κ1) is 21.3. The molecule has 0 aliphatic carbocycles. The fourth-order valence-electron chi connectivity index (χ4n) is 2.56. The molecule has 30 heavy (non-hydrogen) atoms. The van der Waals surface area contributed by atoms with Gasteiger partial charge in [-0.05, 0) is 48.5 Å². The molecule has 6 nitrogen and oxygen atoms in total. The SMILES string of the molecule is O=C(NCC(O)COc1ccc(C(F)(F)F)cc1)c1cncn1-c1ccc(F)cc1. The normalized spacial score (nSPS) is 12.4. The van der Waals surface area contributed by atoms with Crippen LogP contribution in [0.3, 0.4) is 0 Å². The van der Waals surface area contributed by atoms with Crippen molar-refractivity contribution in [2.75, 3.05) is 13.2 Å². The van der Waals surface area contributed by atoms with Crippen molar-refractivity contribution < 1.29 is 32.2 Å². The number of alkyl halides is 3. The molecule has 10 heteroatoms. The zero-order valence-electron chi connectivity index (χ0n) is 15.4. The molecule has 0 saturated heterocycles. The first-order chi connectivity index (χ1) is 14.2. The van der Waals surface area contributed by atoms with Crippen molar-refractivity contribution in [3.05, 3.63) is 78.1 Å². The van der Waals surface area contributed by atoms with E-state index in [1.807, 2.05) is 0 Å². The number of nitrogens with one attached hydrogen (secondary N) is 1. The van der Waals surface area contributed by atoms with E-state index in [9.17, 15) is 27.5 Å². The lowest BCUT2D eigenvalue weighted by atomic mass is 10.2. The lowest BCUT2D eigenvalue weighted by molar-refractivity contribution is -0.137. The number of nitrogens with zero attached hydrogens (tertiary/aromatic N) is 2. The van der Waals surface area contributed by atoms with Gasteiger partial charge >= 0.3 is 6.18 Å². The number of imidazole rings is 1. The Kier molecular flexibility index (Phi) is 6.36. The second kappa shape index (κ2) is 8.95. The summed E-state index contributed by atoms with van der Waals surface area (Å²) in [5.41, 5.74) is -0.0943. The molecule has 0 fully saturated rings. The number of aliphatic hydroxyl groups excluding tert-OH is 1. The highest BCUT2D eigenvalue weighted by atomic mass is 19.4. The molecule has 0 radical (unpaired) electrons. The van der Waals surface area contributed by atoms with Crippen LogP contribution in [0, 0.1) is 5.82 Å². The molecule has 0 saturated carbocycles. The smallest absolute Gasteiger partial charge is 0.416 e. The van der Waals surface area contributed by atoms with Gasteiger partial charge in [0.25, 0.3) is 5.91 Å². The van der Waals surface area contributed by atoms with Gasteiger partial charge < -0.3 is 15.2 Å². The van der Waals surface area contributed by atoms with Crippen LogP contribution < -0.4 is 10.1 Å². The van der Waals surface area contributed by atoms with Gasteiger partial charge in [0.1, 0.15) is 30.0 Å². The zero-order chi connectivity index (χ0) is 21.7. The van der Waals surface area contributed by atoms with Crippen molar-refractivity contribution in [3.63, 3.8) is 0 Å². The van der Waals surface area contributed by atoms with Gasteiger partial charge in [-0.3, -0.25) is 9.36 Å². The van der Waals surface area contributed by atoms with Gasteiger partial charge in [0, 0.05) is 12.2 Å². The molecular weight excluding hydrogens is 406 g/mol. The summed E-state index contributed by atoms with van der Waals surface area (Å²) >= 11 is 0. The average Bonchev–Trinajstić information content (AvgIpc) is 3.20. The van der Waals surface area contributed by atoms with Crippen molar-refractivity contribution in [1.29, 1.82) is 0 Å². The second-order valence-electron chi connectivity index (χ2n) is 6.32. The minimum Gasteiger partial charge on any atom is -0.491 e. The van der Waals surface area contributed by atoms with Crippen LogP contribution in [0.25, 0.3) is 5.69 Å². The molecule has 1 amide bonds. The largest absolute Gasteiger partial charge is 0.491 e. The Morgan fingerprint density at radius 3 is 2.43 bits per heavy atom. The van der Waals surface area contributed by atoms with Crippen molar-refractivity contribution >= 4 is 5.91 Å². The minimum atomic E-state index is -4.44. The third kappa shape index (κ3) is 5.35. The lowest BCUT2D eigenvalue weighted by Crippen LogP contribution is -2.36. The van der Waals surface area contributed by atoms with E-state index in [0.717, 1.165) is 24.3 Å². The molecule has 0 aliphatic rings. The Labute approximate surface area is 168 Å². The Bertz CT molecular complexity index is 986. The first-order valence-corrected chi connectivity index (χ1v) is 8.78. The molecule has 0 bridgehead atoms. The molecule has 0 aliphatic heterocycles. The number of halogens is 4. The van der Waals surface area contributed by atoms with Crippen LogP contribution in [0.2, 0.25) is 0 Å². The second-order valence-corrected chi connectivity index (χ2v) is 6.32. The highest BCUT2D eigenvalue weighted by Crippen LogP contribution is 2.30. The lowest BCUT2D eigenvalue weighted by Gasteiger charge is -2.14. The summed E-state index contributed by atoms with van der Waals surface area (Å²) in [6, 6.07) is 9.52. The molecule has 3 rings (SSSR count). The highest BCUT2D eigenvalue weighted by molar-refractivity contribution is 5.93. The number of carbonyl (C=O) groups is 1. The number of hydrogen-bond donors (Lipinski definition) is 2. The van der Waals surface area contributed by atoms with E-state index in [1.54, 1.807) is 0 Å². The van der Waals surface area contributed by atoms with Crippen LogP contribution >= 0.6 is 0 Å². The Balaban J connectivity index is 1.52. The fraction of sp³-hybridized carbons (Fsp3) is 0.200. The summed E-state index contributed by atoms with van der Waals surface area (Å²) in [5.74, 6) is -0.783. The van der Waals surface area contributed by atoms with Gasteiger partial charge in [-0.25, -0.2) is 9.37 Å². The van der Waals surface area contributed by atoms with Gasteiger partial charge in [0.2, 0.25) is 0 Å². The number of amides is 1. The van der Waals surface area contributed by atoms with Gasteiger partial charge in [0.15, 0.2) is 0 Å². The number of aliphatic hydroxyl groups is 1. The standard InChI is InChI=1S/C20H17F4N3O3/c21-14-3-5-15(6-4-14)27-12-25-10-18(27)19(29)26-9-16(28)11-30-17-7-1-13(2-8-17)20(22,23)24/h1-8,10,12,16,28H,9,11H2,(H,26,29). The van der Waals surface area contributed by atoms with E-state index in [1.165, 1.54) is 41.4 Å². The predicted molar refractivity (Wildman–Crippen MR) is 98.8 cm³/mol. The number of ether oxygens (including phenoxy) is 1. The average molecular weight is 423 g/mol. The molecule has 1 aromatic heterocycles. The fourth-order valence-corrected chi connectivity index (χ4v) is 2.56. The van der Waals surface area contributed by atoms with Gasteiger partial charge in [-0.2, -0.15) is 13.2 Å². The summed E-state index contributed by atoms with van der Waals surface area (Å²) in [6.07, 6.45) is -2.82. The molecule has 1 heterocycles. The molecule has 1 atom stereocenters. The molecule has 158 valence electrons. The number of aromatic nitrogens is 2. The van der Waals surface area contributed by atoms with Crippen molar-refractivity contribution in [1.82, 2.24) is 14.9 Å². The first-order valence-electron chi connectivity index (χ1n) is 8.78. The van der Waals surface area contributed by atoms with E-state index in [2.05, 4.69) is 10.3 Å². The Hall–Kier alpha value is -3.40. The van der Waals surface area contributed by atoms with Crippen LogP contribution in [0.15, 0.2) is 61.1 Å². The molecular formula is C20H17F4N3O3. The minimum absolute atomic E-state index is 0.155. The van der Waals surface area contributed by atoms with Crippen molar-refractivity contribution in [2.45, 2.75) is 12.3 Å². The third-order valence-corrected chi connectivity index (χ3v) is 4.10. The molecule has 2 aromatic carbocycles. The van der Waals surface area contributed by atoms with Gasteiger partial charge in [0.05, 0.1) is 18.1 Å². The third-order valence-electron chi connectivity index (χ3n) is 4.10. The summed E-state index contributed by atoms with van der Waals surface area (Å²) in [7, 11) is 0. The summed E-state index contributed by atoms with van der Waals surface area (Å²) in [6.45, 7) is -0.392. The topological polar surface area (TPSA) is 76.4 Å². The van der Waals surface area contributed by atoms with E-state index in [-0.39, 0.29) is 24.6 Å². The van der Waals surface area contributed by atoms with E-state index >= 15 is 0 Å². The van der Waals surface area contributed by atoms with Crippen LogP contribution in [-0.2, 0) is 6.18 Å². The maximum Gasteiger partial charge on any atom is 0.416 e. The quantitative estimate of drug-likeness (QED) is 0.573. The van der Waals surface area contributed by atoms with Crippen LogP contribution in [0.4, 0.5) is 17.6 Å². The summed E-state index contributed by atoms with van der Waals surface area (Å²) in [5, 5.41) is 12.5. The van der Waals surface area contributed by atoms with E-state index in [0.29, 0.717) is 5.69 Å². The number of rotatable bonds is 7. The maximum absolute atomic E-state index is 13.1. The van der Waals surface area contributed by atoms with Crippen molar-refractivity contribution in [2.24, 2.45) is 0 Å². The molecule has 0 spiro atoms. The number of hydrogen-bond acceptors (Lipinski definition) is 4. The molecule has 3 aromatic rings. The van der Waals surface area contributed by atoms with E-state index < -0.39 is 29.6 Å². The van der Waals surface area contributed by atoms with Gasteiger partial charge in [-0.1, -0.05) is 0 Å². The van der Waals surface area contributed by atoms with Crippen molar-refractivity contribution in [3.8, 4) is 11.4 Å². The summed E-state index contributed by atoms with van der Waals surface area (Å²) in [4.78, 5) is 16.3. The van der Waals surface area contributed by atoms with Crippen LogP contribution in [-0.4, -0.2) is 39.8 Å². The Morgan fingerprint density at radius 2 is 1.80 bits per heavy atom. The maximum atomic E-state index is 13.1. The summed E-state index contributed by atoms with van der Waals surface area (Å²) < 4.78 is 57.4. The van der Waals surface area contributed by atoms with Crippen LogP contribution in [0.5, 0.6) is 5.75 Å². The number of benzene rings is 2. The number of carbonyl (C=O) groups excluding carboxylic acids is 1.